The van der Waals surface area contributed by atoms with Crippen molar-refractivity contribution in [2.45, 2.75) is 32.1 Å². The third-order valence-electron chi connectivity index (χ3n) is 3.05. The molecule has 1 N–H and O–H groups in total. The van der Waals surface area contributed by atoms with E-state index in [0.29, 0.717) is 0 Å². The summed E-state index contributed by atoms with van der Waals surface area (Å²) in [4.78, 5) is 14.2. The van der Waals surface area contributed by atoms with Gasteiger partial charge in [0.25, 0.3) is 0 Å². The van der Waals surface area contributed by atoms with E-state index in [-0.39, 0.29) is 24.2 Å². The molecule has 1 aromatic heterocycles. The van der Waals surface area contributed by atoms with Crippen LogP contribution >= 0.6 is 23.1 Å². The van der Waals surface area contributed by atoms with Gasteiger partial charge in [-0.25, -0.2) is 0 Å². The average molecular weight is 270 g/mol. The highest BCUT2D eigenvalue weighted by Gasteiger charge is 2.39. The van der Waals surface area contributed by atoms with Crippen molar-refractivity contribution >= 4 is 29.0 Å². The van der Waals surface area contributed by atoms with Gasteiger partial charge in [0, 0.05) is 11.8 Å². The van der Waals surface area contributed by atoms with Crippen LogP contribution in [0.25, 0.3) is 0 Å². The number of nitrogens with one attached hydrogen (secondary N) is 1. The molecule has 1 amide bonds. The predicted molar refractivity (Wildman–Crippen MR) is 74.3 cm³/mol. The largest absolute Gasteiger partial charge is 0.318 e. The van der Waals surface area contributed by atoms with Gasteiger partial charge in [0.05, 0.1) is 6.04 Å². The molecule has 5 heteroatoms. The molecular formula is C12H18N2OS2. The summed E-state index contributed by atoms with van der Waals surface area (Å²) < 4.78 is 0. The second-order valence-electron chi connectivity index (χ2n) is 4.40. The molecule has 1 aromatic rings. The van der Waals surface area contributed by atoms with Crippen LogP contribution in [-0.4, -0.2) is 34.9 Å². The highest BCUT2D eigenvalue weighted by atomic mass is 32.2. The summed E-state index contributed by atoms with van der Waals surface area (Å²) in [6.07, 6.45) is 2.12. The minimum absolute atomic E-state index is 0.0471. The molecule has 3 unspecified atom stereocenters. The lowest BCUT2D eigenvalue weighted by atomic mass is 10.2. The first-order valence-corrected chi connectivity index (χ1v) is 8.08. The summed E-state index contributed by atoms with van der Waals surface area (Å²) in [5.74, 6) is 1.18. The van der Waals surface area contributed by atoms with Crippen LogP contribution in [0.2, 0.25) is 0 Å². The number of carbonyl (C=O) groups excluding carboxylic acids is 1. The summed E-state index contributed by atoms with van der Waals surface area (Å²) >= 11 is 3.45. The van der Waals surface area contributed by atoms with Crippen LogP contribution in [0.5, 0.6) is 0 Å². The number of thioether (sulfide) groups is 1. The van der Waals surface area contributed by atoms with Crippen molar-refractivity contribution in [1.82, 2.24) is 10.2 Å². The third-order valence-corrected chi connectivity index (χ3v) is 4.57. The van der Waals surface area contributed by atoms with Crippen molar-refractivity contribution in [3.05, 3.63) is 22.4 Å². The Bertz CT molecular complexity index is 380. The molecule has 1 saturated heterocycles. The summed E-state index contributed by atoms with van der Waals surface area (Å²) in [5, 5.41) is 7.54. The van der Waals surface area contributed by atoms with E-state index in [1.807, 2.05) is 11.8 Å². The van der Waals surface area contributed by atoms with Crippen LogP contribution in [0, 0.1) is 0 Å². The SMILES string of the molecule is CSCC(C)N1C(=O)C(C)NC1c1ccsc1. The summed E-state index contributed by atoms with van der Waals surface area (Å²) in [6.45, 7) is 4.06. The second-order valence-corrected chi connectivity index (χ2v) is 6.09. The fourth-order valence-corrected chi connectivity index (χ4v) is 3.54. The van der Waals surface area contributed by atoms with Gasteiger partial charge in [0.1, 0.15) is 6.17 Å². The Morgan fingerprint density at radius 3 is 3.00 bits per heavy atom. The molecule has 1 fully saturated rings. The van der Waals surface area contributed by atoms with Crippen molar-refractivity contribution < 1.29 is 4.79 Å². The third kappa shape index (κ3) is 2.51. The maximum absolute atomic E-state index is 12.2. The maximum Gasteiger partial charge on any atom is 0.241 e. The Labute approximate surface area is 111 Å². The van der Waals surface area contributed by atoms with E-state index in [9.17, 15) is 4.79 Å². The van der Waals surface area contributed by atoms with E-state index >= 15 is 0 Å². The molecule has 0 aromatic carbocycles. The van der Waals surface area contributed by atoms with Crippen molar-refractivity contribution in [3.63, 3.8) is 0 Å². The van der Waals surface area contributed by atoms with E-state index in [1.165, 1.54) is 5.56 Å². The van der Waals surface area contributed by atoms with E-state index in [2.05, 4.69) is 35.3 Å². The number of nitrogens with zero attached hydrogens (tertiary/aromatic N) is 1. The predicted octanol–water partition coefficient (Wildman–Crippen LogP) is 2.32. The number of carbonyl (C=O) groups is 1. The zero-order valence-electron chi connectivity index (χ0n) is 10.3. The lowest BCUT2D eigenvalue weighted by Gasteiger charge is -2.29. The van der Waals surface area contributed by atoms with Crippen molar-refractivity contribution in [3.8, 4) is 0 Å². The van der Waals surface area contributed by atoms with Crippen molar-refractivity contribution in [2.75, 3.05) is 12.0 Å². The molecule has 94 valence electrons. The minimum atomic E-state index is -0.0794. The average Bonchev–Trinajstić information content (AvgIpc) is 2.88. The molecule has 2 rings (SSSR count). The maximum atomic E-state index is 12.2. The zero-order chi connectivity index (χ0) is 12.4. The number of hydrogen-bond acceptors (Lipinski definition) is 4. The van der Waals surface area contributed by atoms with Crippen molar-refractivity contribution in [1.29, 1.82) is 0 Å². The first kappa shape index (κ1) is 12.9. The van der Waals surface area contributed by atoms with E-state index < -0.39 is 0 Å². The Morgan fingerprint density at radius 1 is 1.65 bits per heavy atom. The molecule has 0 spiro atoms. The molecule has 0 bridgehead atoms. The minimum Gasteiger partial charge on any atom is -0.318 e. The molecule has 1 aliphatic rings. The topological polar surface area (TPSA) is 32.3 Å². The van der Waals surface area contributed by atoms with Crippen molar-refractivity contribution in [2.24, 2.45) is 0 Å². The molecule has 1 aliphatic heterocycles. The van der Waals surface area contributed by atoms with Gasteiger partial charge in [0.15, 0.2) is 0 Å². The Balaban J connectivity index is 2.22. The molecule has 0 radical (unpaired) electrons. The number of thiophene rings is 1. The standard InChI is InChI=1S/C12H18N2OS2/c1-8(6-16-3)14-11(10-4-5-17-7-10)13-9(2)12(14)15/h4-5,7-9,11,13H,6H2,1-3H3. The first-order chi connectivity index (χ1) is 8.15. The summed E-state index contributed by atoms with van der Waals surface area (Å²) in [6, 6.07) is 2.27. The van der Waals surface area contributed by atoms with Gasteiger partial charge >= 0.3 is 0 Å². The van der Waals surface area contributed by atoms with Crippen LogP contribution in [-0.2, 0) is 4.79 Å². The van der Waals surface area contributed by atoms with Gasteiger partial charge in [-0.3, -0.25) is 10.1 Å². The monoisotopic (exact) mass is 270 g/mol. The van der Waals surface area contributed by atoms with E-state index in [1.54, 1.807) is 23.1 Å². The Hall–Kier alpha value is -0.520. The highest BCUT2D eigenvalue weighted by Crippen LogP contribution is 2.29. The molecule has 0 saturated carbocycles. The lowest BCUT2D eigenvalue weighted by Crippen LogP contribution is -2.39. The fourth-order valence-electron chi connectivity index (χ4n) is 2.22. The van der Waals surface area contributed by atoms with Gasteiger partial charge in [0.2, 0.25) is 5.91 Å². The highest BCUT2D eigenvalue weighted by molar-refractivity contribution is 7.98. The van der Waals surface area contributed by atoms with Crippen LogP contribution in [0.15, 0.2) is 16.8 Å². The van der Waals surface area contributed by atoms with Gasteiger partial charge in [-0.1, -0.05) is 0 Å². The zero-order valence-corrected chi connectivity index (χ0v) is 12.0. The molecular weight excluding hydrogens is 252 g/mol. The van der Waals surface area contributed by atoms with Gasteiger partial charge in [-0.05, 0) is 42.5 Å². The summed E-state index contributed by atoms with van der Waals surface area (Å²) in [7, 11) is 0. The fraction of sp³-hybridized carbons (Fsp3) is 0.583. The lowest BCUT2D eigenvalue weighted by molar-refractivity contribution is -0.131. The van der Waals surface area contributed by atoms with Crippen LogP contribution in [0.4, 0.5) is 0 Å². The smallest absolute Gasteiger partial charge is 0.241 e. The number of hydrogen-bond donors (Lipinski definition) is 1. The van der Waals surface area contributed by atoms with E-state index in [0.717, 1.165) is 5.75 Å². The molecule has 3 atom stereocenters. The Kier molecular flexibility index (Phi) is 4.12. The Morgan fingerprint density at radius 2 is 2.41 bits per heavy atom. The molecule has 2 heterocycles. The van der Waals surface area contributed by atoms with Crippen LogP contribution in [0.1, 0.15) is 25.6 Å². The van der Waals surface area contributed by atoms with Gasteiger partial charge in [-0.15, -0.1) is 0 Å². The number of amides is 1. The first-order valence-electron chi connectivity index (χ1n) is 5.74. The molecule has 3 nitrogen and oxygen atoms in total. The quantitative estimate of drug-likeness (QED) is 0.911. The van der Waals surface area contributed by atoms with E-state index in [4.69, 9.17) is 0 Å². The van der Waals surface area contributed by atoms with Gasteiger partial charge in [-0.2, -0.15) is 23.1 Å². The van der Waals surface area contributed by atoms with Gasteiger partial charge < -0.3 is 4.90 Å². The van der Waals surface area contributed by atoms with Crippen LogP contribution < -0.4 is 5.32 Å². The van der Waals surface area contributed by atoms with Crippen LogP contribution in [0.3, 0.4) is 0 Å². The normalized spacial score (nSPS) is 26.5. The molecule has 0 aliphatic carbocycles. The summed E-state index contributed by atoms with van der Waals surface area (Å²) in [5.41, 5.74) is 1.20. The number of rotatable bonds is 4. The molecule has 17 heavy (non-hydrogen) atoms. The second kappa shape index (κ2) is 5.42.